The van der Waals surface area contributed by atoms with Crippen molar-refractivity contribution in [1.82, 2.24) is 5.32 Å². The van der Waals surface area contributed by atoms with Crippen LogP contribution in [0.15, 0.2) is 23.2 Å². The van der Waals surface area contributed by atoms with Crippen molar-refractivity contribution in [1.29, 1.82) is 0 Å². The second kappa shape index (κ2) is 11.6. The smallest absolute Gasteiger partial charge is 0.188 e. The number of benzene rings is 1. The summed E-state index contributed by atoms with van der Waals surface area (Å²) in [6.45, 7) is 10.6. The van der Waals surface area contributed by atoms with Gasteiger partial charge in [0, 0.05) is 19.0 Å². The van der Waals surface area contributed by atoms with Crippen molar-refractivity contribution in [2.24, 2.45) is 4.99 Å². The van der Waals surface area contributed by atoms with E-state index in [0.717, 1.165) is 12.8 Å². The monoisotopic (exact) mass is 364 g/mol. The van der Waals surface area contributed by atoms with Crippen molar-refractivity contribution >= 4 is 17.4 Å². The minimum atomic E-state index is -0.649. The van der Waals surface area contributed by atoms with E-state index in [1.807, 2.05) is 20.8 Å². The molecule has 1 rings (SSSR count). The van der Waals surface area contributed by atoms with Crippen molar-refractivity contribution < 1.29 is 19.4 Å². The zero-order valence-electron chi connectivity index (χ0n) is 16.5. The van der Waals surface area contributed by atoms with E-state index in [0.29, 0.717) is 36.0 Å². The van der Waals surface area contributed by atoms with Gasteiger partial charge in [-0.15, -0.1) is 0 Å². The van der Waals surface area contributed by atoms with Crippen LogP contribution >= 0.6 is 0 Å². The van der Waals surface area contributed by atoms with Crippen LogP contribution in [0.2, 0.25) is 0 Å². The molecule has 1 aromatic carbocycles. The van der Waals surface area contributed by atoms with Gasteiger partial charge in [0.05, 0.1) is 17.9 Å². The molecule has 0 fully saturated rings. The molecule has 146 valence electrons. The van der Waals surface area contributed by atoms with Crippen molar-refractivity contribution in [2.45, 2.75) is 59.6 Å². The summed E-state index contributed by atoms with van der Waals surface area (Å²) in [5.74, 6) is 1.00. The highest BCUT2D eigenvalue weighted by Gasteiger charge is 2.13. The van der Waals surface area contributed by atoms with Gasteiger partial charge in [0.25, 0.3) is 0 Å². The average molecular weight is 364 g/mol. The number of ether oxygens (including phenoxy) is 2. The van der Waals surface area contributed by atoms with E-state index in [1.54, 1.807) is 18.2 Å². The average Bonchev–Trinajstić information content (AvgIpc) is 2.59. The zero-order valence-corrected chi connectivity index (χ0v) is 16.5. The summed E-state index contributed by atoms with van der Waals surface area (Å²) in [7, 11) is 0. The maximum Gasteiger partial charge on any atom is 0.188 e. The summed E-state index contributed by atoms with van der Waals surface area (Å²) in [5, 5.41) is 13.1. The molecule has 0 aliphatic carbocycles. The first kappa shape index (κ1) is 22.1. The fraction of sp³-hybridized carbons (Fsp3) is 0.600. The third-order valence-corrected chi connectivity index (χ3v) is 3.56. The number of hydrogen-bond acceptors (Lipinski definition) is 6. The Balaban J connectivity index is 2.88. The summed E-state index contributed by atoms with van der Waals surface area (Å²) in [6, 6.07) is 5.49. The predicted octanol–water partition coefficient (Wildman–Crippen LogP) is 3.49. The van der Waals surface area contributed by atoms with Gasteiger partial charge in [-0.05, 0) is 38.5 Å². The number of carbonyl (C=O) groups excluding carboxylic acids is 1. The SMILES string of the molecule is CCC/C(=N/c1ccc(OCC(O)CNC(C)C)c(C(C)=O)c1)OCC. The summed E-state index contributed by atoms with van der Waals surface area (Å²) < 4.78 is 11.2. The number of aliphatic hydroxyl groups excluding tert-OH is 1. The second-order valence-corrected chi connectivity index (χ2v) is 6.45. The van der Waals surface area contributed by atoms with E-state index in [2.05, 4.69) is 17.2 Å². The Kier molecular flexibility index (Phi) is 9.91. The highest BCUT2D eigenvalue weighted by molar-refractivity contribution is 5.98. The van der Waals surface area contributed by atoms with Crippen molar-refractivity contribution in [3.8, 4) is 5.75 Å². The van der Waals surface area contributed by atoms with Crippen LogP contribution in [0.25, 0.3) is 0 Å². The van der Waals surface area contributed by atoms with E-state index in [1.165, 1.54) is 6.92 Å². The van der Waals surface area contributed by atoms with Crippen LogP contribution in [0, 0.1) is 0 Å². The molecule has 0 bridgehead atoms. The number of Topliss-reactive ketones (excluding diaryl/α,β-unsaturated/α-hetero) is 1. The maximum atomic E-state index is 12.0. The molecule has 0 radical (unpaired) electrons. The molecule has 0 aliphatic rings. The summed E-state index contributed by atoms with van der Waals surface area (Å²) in [5.41, 5.74) is 1.10. The third kappa shape index (κ3) is 7.97. The van der Waals surface area contributed by atoms with Crippen LogP contribution in [0.5, 0.6) is 5.75 Å². The fourth-order valence-corrected chi connectivity index (χ4v) is 2.29. The highest BCUT2D eigenvalue weighted by Crippen LogP contribution is 2.26. The van der Waals surface area contributed by atoms with Crippen molar-refractivity contribution in [2.75, 3.05) is 19.8 Å². The van der Waals surface area contributed by atoms with Gasteiger partial charge in [-0.3, -0.25) is 4.79 Å². The van der Waals surface area contributed by atoms with Gasteiger partial charge >= 0.3 is 0 Å². The van der Waals surface area contributed by atoms with Crippen LogP contribution in [0.3, 0.4) is 0 Å². The molecular formula is C20H32N2O4. The quantitative estimate of drug-likeness (QED) is 0.357. The zero-order chi connectivity index (χ0) is 19.5. The molecular weight excluding hydrogens is 332 g/mol. The molecule has 0 amide bonds. The maximum absolute atomic E-state index is 12.0. The molecule has 2 N–H and O–H groups in total. The van der Waals surface area contributed by atoms with E-state index < -0.39 is 6.10 Å². The Morgan fingerprint density at radius 3 is 2.62 bits per heavy atom. The molecule has 0 aromatic heterocycles. The number of rotatable bonds is 11. The van der Waals surface area contributed by atoms with Gasteiger partial charge in [0.1, 0.15) is 18.5 Å². The first-order valence-corrected chi connectivity index (χ1v) is 9.26. The van der Waals surface area contributed by atoms with E-state index in [-0.39, 0.29) is 18.4 Å². The molecule has 0 aliphatic heterocycles. The molecule has 0 spiro atoms. The van der Waals surface area contributed by atoms with E-state index >= 15 is 0 Å². The molecule has 0 heterocycles. The Morgan fingerprint density at radius 2 is 2.04 bits per heavy atom. The number of hydrogen-bond donors (Lipinski definition) is 2. The van der Waals surface area contributed by atoms with Crippen LogP contribution in [0.1, 0.15) is 57.8 Å². The predicted molar refractivity (Wildman–Crippen MR) is 105 cm³/mol. The first-order chi connectivity index (χ1) is 12.4. The lowest BCUT2D eigenvalue weighted by atomic mass is 10.1. The van der Waals surface area contributed by atoms with Gasteiger partial charge in [-0.2, -0.15) is 0 Å². The standard InChI is InChI=1S/C20H32N2O4/c1-6-8-20(25-7-2)22-16-9-10-19(18(11-16)15(5)23)26-13-17(24)12-21-14(3)4/h9-11,14,17,21,24H,6-8,12-13H2,1-5H3/b22-20-. The minimum Gasteiger partial charge on any atom is -0.490 e. The molecule has 1 aromatic rings. The van der Waals surface area contributed by atoms with Gasteiger partial charge in [-0.1, -0.05) is 20.8 Å². The number of aliphatic imine (C=N–C) groups is 1. The Labute approximate surface area is 156 Å². The lowest BCUT2D eigenvalue weighted by Gasteiger charge is -2.16. The van der Waals surface area contributed by atoms with Crippen LogP contribution in [0.4, 0.5) is 5.69 Å². The minimum absolute atomic E-state index is 0.111. The van der Waals surface area contributed by atoms with Gasteiger partial charge < -0.3 is 19.9 Å². The van der Waals surface area contributed by atoms with E-state index in [9.17, 15) is 9.90 Å². The number of carbonyl (C=O) groups is 1. The Hall–Kier alpha value is -1.92. The Morgan fingerprint density at radius 1 is 1.31 bits per heavy atom. The summed E-state index contributed by atoms with van der Waals surface area (Å²) in [6.07, 6.45) is 1.03. The molecule has 6 heteroatoms. The van der Waals surface area contributed by atoms with E-state index in [4.69, 9.17) is 9.47 Å². The molecule has 1 atom stereocenters. The Bertz CT molecular complexity index is 591. The fourth-order valence-electron chi connectivity index (χ4n) is 2.29. The van der Waals surface area contributed by atoms with Crippen LogP contribution < -0.4 is 10.1 Å². The van der Waals surface area contributed by atoms with Crippen molar-refractivity contribution in [3.05, 3.63) is 23.8 Å². The normalized spacial score (nSPS) is 13.0. The molecule has 0 saturated carbocycles. The van der Waals surface area contributed by atoms with Crippen molar-refractivity contribution in [3.63, 3.8) is 0 Å². The largest absolute Gasteiger partial charge is 0.490 e. The molecule has 26 heavy (non-hydrogen) atoms. The third-order valence-electron chi connectivity index (χ3n) is 3.56. The number of nitrogens with zero attached hydrogens (tertiary/aromatic N) is 1. The van der Waals surface area contributed by atoms with Crippen LogP contribution in [-0.4, -0.2) is 48.7 Å². The molecule has 1 unspecified atom stereocenters. The highest BCUT2D eigenvalue weighted by atomic mass is 16.5. The lowest BCUT2D eigenvalue weighted by molar-refractivity contribution is 0.0968. The van der Waals surface area contributed by atoms with Gasteiger partial charge in [0.2, 0.25) is 0 Å². The topological polar surface area (TPSA) is 80.2 Å². The number of nitrogens with one attached hydrogen (secondary N) is 1. The number of aliphatic hydroxyl groups is 1. The molecule has 0 saturated heterocycles. The van der Waals surface area contributed by atoms with Crippen LogP contribution in [-0.2, 0) is 4.74 Å². The molecule has 6 nitrogen and oxygen atoms in total. The first-order valence-electron chi connectivity index (χ1n) is 9.26. The van der Waals surface area contributed by atoms with Gasteiger partial charge in [-0.25, -0.2) is 4.99 Å². The van der Waals surface area contributed by atoms with Gasteiger partial charge in [0.15, 0.2) is 11.7 Å². The second-order valence-electron chi connectivity index (χ2n) is 6.45. The summed E-state index contributed by atoms with van der Waals surface area (Å²) in [4.78, 5) is 16.5. The lowest BCUT2D eigenvalue weighted by Crippen LogP contribution is -2.35. The summed E-state index contributed by atoms with van der Waals surface area (Å²) >= 11 is 0. The number of ketones is 1.